The third kappa shape index (κ3) is 2.09. The van der Waals surface area contributed by atoms with Gasteiger partial charge in [-0.2, -0.15) is 0 Å². The van der Waals surface area contributed by atoms with Crippen molar-refractivity contribution in [2.45, 2.75) is 25.8 Å². The first kappa shape index (κ1) is 12.8. The summed E-state index contributed by atoms with van der Waals surface area (Å²) in [6.45, 7) is 0.241. The van der Waals surface area contributed by atoms with Crippen molar-refractivity contribution < 1.29 is 19.5 Å². The quantitative estimate of drug-likeness (QED) is 0.850. The number of imide groups is 1. The van der Waals surface area contributed by atoms with Crippen molar-refractivity contribution in [1.82, 2.24) is 4.90 Å². The Morgan fingerprint density at radius 3 is 2.15 bits per heavy atom. The van der Waals surface area contributed by atoms with E-state index in [1.165, 1.54) is 17.0 Å². The van der Waals surface area contributed by atoms with E-state index in [0.717, 1.165) is 18.4 Å². The predicted octanol–water partition coefficient (Wildman–Crippen LogP) is 1.67. The molecule has 2 unspecified atom stereocenters. The van der Waals surface area contributed by atoms with Gasteiger partial charge in [0.05, 0.1) is 12.1 Å². The number of carboxylic acid groups (broad SMARTS) is 1. The second kappa shape index (κ2) is 4.74. The molecule has 2 atom stereocenters. The molecule has 20 heavy (non-hydrogen) atoms. The number of benzene rings is 1. The lowest BCUT2D eigenvalue weighted by molar-refractivity contribution is -0.153. The lowest BCUT2D eigenvalue weighted by atomic mass is 9.96. The Bertz CT molecular complexity index is 556. The Hall–Kier alpha value is -2.17. The van der Waals surface area contributed by atoms with Crippen LogP contribution in [-0.4, -0.2) is 27.8 Å². The molecule has 2 bridgehead atoms. The van der Waals surface area contributed by atoms with E-state index in [4.69, 9.17) is 5.11 Å². The van der Waals surface area contributed by atoms with Crippen LogP contribution in [0, 0.1) is 11.8 Å². The Balaban J connectivity index is 1.78. The minimum atomic E-state index is -0.986. The van der Waals surface area contributed by atoms with Crippen molar-refractivity contribution in [3.05, 3.63) is 35.4 Å². The van der Waals surface area contributed by atoms with Crippen LogP contribution in [0.3, 0.4) is 0 Å². The molecule has 0 aromatic heterocycles. The summed E-state index contributed by atoms with van der Waals surface area (Å²) in [7, 11) is 0. The van der Waals surface area contributed by atoms with Crippen LogP contribution in [0.5, 0.6) is 0 Å². The molecule has 104 valence electrons. The van der Waals surface area contributed by atoms with Gasteiger partial charge in [0.1, 0.15) is 0 Å². The molecule has 5 heteroatoms. The topological polar surface area (TPSA) is 74.7 Å². The number of hydrogen-bond acceptors (Lipinski definition) is 3. The SMILES string of the molecule is O=C(O)c1ccc(CN2C(=O)C3CCC(C3)C2=O)cc1. The monoisotopic (exact) mass is 273 g/mol. The third-order valence-electron chi connectivity index (χ3n) is 4.20. The Morgan fingerprint density at radius 1 is 1.10 bits per heavy atom. The summed E-state index contributed by atoms with van der Waals surface area (Å²) in [6, 6.07) is 6.29. The first-order valence-corrected chi connectivity index (χ1v) is 6.73. The maximum absolute atomic E-state index is 12.2. The Kier molecular flexibility index (Phi) is 3.04. The third-order valence-corrected chi connectivity index (χ3v) is 4.20. The molecule has 1 saturated carbocycles. The summed E-state index contributed by atoms with van der Waals surface area (Å²) in [6.07, 6.45) is 2.32. The largest absolute Gasteiger partial charge is 0.478 e. The number of piperidine rings is 1. The first-order chi connectivity index (χ1) is 9.56. The van der Waals surface area contributed by atoms with Gasteiger partial charge in [0.15, 0.2) is 0 Å². The van der Waals surface area contributed by atoms with Crippen LogP contribution in [0.4, 0.5) is 0 Å². The maximum Gasteiger partial charge on any atom is 0.335 e. The summed E-state index contributed by atoms with van der Waals surface area (Å²) >= 11 is 0. The normalized spacial score (nSPS) is 25.1. The number of amides is 2. The van der Waals surface area contributed by atoms with Crippen LogP contribution in [0.2, 0.25) is 0 Å². The summed E-state index contributed by atoms with van der Waals surface area (Å²) in [5, 5.41) is 8.84. The molecule has 5 nitrogen and oxygen atoms in total. The van der Waals surface area contributed by atoms with E-state index in [1.54, 1.807) is 12.1 Å². The van der Waals surface area contributed by atoms with E-state index in [9.17, 15) is 14.4 Å². The number of carbonyl (C=O) groups is 3. The number of rotatable bonds is 3. The molecule has 1 aliphatic heterocycles. The molecular formula is C15H15NO4. The first-order valence-electron chi connectivity index (χ1n) is 6.73. The van der Waals surface area contributed by atoms with Crippen molar-refractivity contribution in [3.8, 4) is 0 Å². The van der Waals surface area contributed by atoms with Crippen LogP contribution >= 0.6 is 0 Å². The van der Waals surface area contributed by atoms with E-state index in [-0.39, 0.29) is 35.8 Å². The second-order valence-electron chi connectivity index (χ2n) is 5.47. The van der Waals surface area contributed by atoms with Crippen molar-refractivity contribution in [3.63, 3.8) is 0 Å². The number of carbonyl (C=O) groups excluding carboxylic acids is 2. The molecular weight excluding hydrogens is 258 g/mol. The van der Waals surface area contributed by atoms with Gasteiger partial charge >= 0.3 is 5.97 Å². The van der Waals surface area contributed by atoms with Crippen LogP contribution in [-0.2, 0) is 16.1 Å². The molecule has 0 radical (unpaired) electrons. The zero-order chi connectivity index (χ0) is 14.3. The van der Waals surface area contributed by atoms with Gasteiger partial charge in [-0.1, -0.05) is 12.1 Å². The van der Waals surface area contributed by atoms with E-state index in [2.05, 4.69) is 0 Å². The second-order valence-corrected chi connectivity index (χ2v) is 5.47. The van der Waals surface area contributed by atoms with Gasteiger partial charge in [0, 0.05) is 11.8 Å². The highest BCUT2D eigenvalue weighted by Gasteiger charge is 2.44. The maximum atomic E-state index is 12.2. The summed E-state index contributed by atoms with van der Waals surface area (Å²) in [5.41, 5.74) is 0.975. The number of aromatic carboxylic acids is 1. The van der Waals surface area contributed by atoms with Gasteiger partial charge in [-0.3, -0.25) is 14.5 Å². The van der Waals surface area contributed by atoms with E-state index < -0.39 is 5.97 Å². The molecule has 2 fully saturated rings. The van der Waals surface area contributed by atoms with Gasteiger partial charge in [-0.15, -0.1) is 0 Å². The van der Waals surface area contributed by atoms with E-state index in [0.29, 0.717) is 6.42 Å². The van der Waals surface area contributed by atoms with Crippen molar-refractivity contribution in [2.75, 3.05) is 0 Å². The van der Waals surface area contributed by atoms with Gasteiger partial charge in [0.2, 0.25) is 11.8 Å². The molecule has 3 rings (SSSR count). The average molecular weight is 273 g/mol. The molecule has 1 aromatic carbocycles. The van der Waals surface area contributed by atoms with Crippen LogP contribution < -0.4 is 0 Å². The molecule has 1 N–H and O–H groups in total. The van der Waals surface area contributed by atoms with Crippen molar-refractivity contribution in [2.24, 2.45) is 11.8 Å². The fourth-order valence-corrected chi connectivity index (χ4v) is 3.07. The number of nitrogens with zero attached hydrogens (tertiary/aromatic N) is 1. The van der Waals surface area contributed by atoms with Crippen LogP contribution in [0.1, 0.15) is 35.2 Å². The summed E-state index contributed by atoms with van der Waals surface area (Å²) in [4.78, 5) is 36.5. The van der Waals surface area contributed by atoms with Gasteiger partial charge in [-0.25, -0.2) is 4.79 Å². The number of fused-ring (bicyclic) bond motifs is 2. The summed E-state index contributed by atoms with van der Waals surface area (Å²) in [5.74, 6) is -1.15. The highest BCUT2D eigenvalue weighted by Crippen LogP contribution is 2.38. The molecule has 0 spiro atoms. The van der Waals surface area contributed by atoms with Crippen LogP contribution in [0.15, 0.2) is 24.3 Å². The zero-order valence-electron chi connectivity index (χ0n) is 10.9. The Labute approximate surface area is 116 Å². The molecule has 2 aliphatic rings. The number of carboxylic acids is 1. The highest BCUT2D eigenvalue weighted by molar-refractivity contribution is 6.00. The number of likely N-dealkylation sites (tertiary alicyclic amines) is 1. The highest BCUT2D eigenvalue weighted by atomic mass is 16.4. The van der Waals surface area contributed by atoms with Gasteiger partial charge in [0.25, 0.3) is 0 Å². The molecule has 1 aliphatic carbocycles. The Morgan fingerprint density at radius 2 is 1.65 bits per heavy atom. The van der Waals surface area contributed by atoms with Gasteiger partial charge < -0.3 is 5.11 Å². The lowest BCUT2D eigenvalue weighted by Crippen LogP contribution is -2.45. The minimum Gasteiger partial charge on any atom is -0.478 e. The molecule has 1 heterocycles. The minimum absolute atomic E-state index is 0.00371. The molecule has 2 amide bonds. The predicted molar refractivity (Wildman–Crippen MR) is 69.8 cm³/mol. The van der Waals surface area contributed by atoms with E-state index in [1.807, 2.05) is 0 Å². The van der Waals surface area contributed by atoms with Crippen LogP contribution in [0.25, 0.3) is 0 Å². The number of hydrogen-bond donors (Lipinski definition) is 1. The zero-order valence-corrected chi connectivity index (χ0v) is 10.9. The standard InChI is InChI=1S/C15H15NO4/c17-13-11-5-6-12(7-11)14(18)16(13)8-9-1-3-10(4-2-9)15(19)20/h1-4,11-12H,5-8H2,(H,19,20). The smallest absolute Gasteiger partial charge is 0.335 e. The lowest BCUT2D eigenvalue weighted by Gasteiger charge is -2.29. The molecule has 1 saturated heterocycles. The van der Waals surface area contributed by atoms with Crippen molar-refractivity contribution >= 4 is 17.8 Å². The fraction of sp³-hybridized carbons (Fsp3) is 0.400. The van der Waals surface area contributed by atoms with Crippen molar-refractivity contribution in [1.29, 1.82) is 0 Å². The fourth-order valence-electron chi connectivity index (χ4n) is 3.07. The van der Waals surface area contributed by atoms with Gasteiger partial charge in [-0.05, 0) is 37.0 Å². The average Bonchev–Trinajstić information content (AvgIpc) is 2.89. The van der Waals surface area contributed by atoms with E-state index >= 15 is 0 Å². The summed E-state index contributed by atoms with van der Waals surface area (Å²) < 4.78 is 0. The molecule has 1 aromatic rings.